The highest BCUT2D eigenvalue weighted by atomic mass is 35.5. The fraction of sp³-hybridized carbons (Fsp3) is 0.154. The fourth-order valence-corrected chi connectivity index (χ4v) is 2.65. The number of nitrogens with one attached hydrogen (secondary N) is 1. The van der Waals surface area contributed by atoms with Crippen molar-refractivity contribution in [3.8, 4) is 0 Å². The quantitative estimate of drug-likeness (QED) is 0.905. The lowest BCUT2D eigenvalue weighted by molar-refractivity contribution is 0.0935. The number of hydrogen-bond donors (Lipinski definition) is 1. The predicted octanol–water partition coefficient (Wildman–Crippen LogP) is 4.17. The highest BCUT2D eigenvalue weighted by molar-refractivity contribution is 7.16. The van der Waals surface area contributed by atoms with Gasteiger partial charge in [-0.15, -0.1) is 11.3 Å². The van der Waals surface area contributed by atoms with E-state index in [1.54, 1.807) is 19.1 Å². The van der Waals surface area contributed by atoms with Crippen LogP contribution in [0.4, 0.5) is 8.78 Å². The highest BCUT2D eigenvalue weighted by Gasteiger charge is 2.18. The first-order valence-electron chi connectivity index (χ1n) is 5.49. The Morgan fingerprint density at radius 1 is 1.32 bits per heavy atom. The van der Waals surface area contributed by atoms with E-state index in [4.69, 9.17) is 11.6 Å². The first-order valence-corrected chi connectivity index (χ1v) is 6.68. The molecule has 0 spiro atoms. The zero-order valence-electron chi connectivity index (χ0n) is 9.91. The van der Waals surface area contributed by atoms with E-state index in [1.807, 2.05) is 0 Å². The maximum Gasteiger partial charge on any atom is 0.254 e. The van der Waals surface area contributed by atoms with Gasteiger partial charge in [-0.3, -0.25) is 4.79 Å². The third-order valence-electron chi connectivity index (χ3n) is 2.56. The molecule has 19 heavy (non-hydrogen) atoms. The molecule has 1 N–H and O–H groups in total. The molecule has 0 saturated carbocycles. The summed E-state index contributed by atoms with van der Waals surface area (Å²) in [6, 6.07) is 6.66. The van der Waals surface area contributed by atoms with Crippen molar-refractivity contribution >= 4 is 28.8 Å². The van der Waals surface area contributed by atoms with Crippen LogP contribution in [0, 0.1) is 11.6 Å². The maximum absolute atomic E-state index is 13.5. The summed E-state index contributed by atoms with van der Waals surface area (Å²) < 4.78 is 27.1. The van der Waals surface area contributed by atoms with Gasteiger partial charge >= 0.3 is 0 Å². The molecular formula is C13H10ClF2NOS. The molecule has 2 aromatic rings. The van der Waals surface area contributed by atoms with Crippen molar-refractivity contribution in [2.75, 3.05) is 0 Å². The van der Waals surface area contributed by atoms with Crippen LogP contribution in [-0.4, -0.2) is 5.91 Å². The Hall–Kier alpha value is -1.46. The molecule has 100 valence electrons. The topological polar surface area (TPSA) is 29.1 Å². The Bertz CT molecular complexity index is 614. The summed E-state index contributed by atoms with van der Waals surface area (Å²) >= 11 is 7.12. The number of benzene rings is 1. The van der Waals surface area contributed by atoms with Gasteiger partial charge in [-0.1, -0.05) is 17.7 Å². The van der Waals surface area contributed by atoms with Crippen molar-refractivity contribution < 1.29 is 13.6 Å². The van der Waals surface area contributed by atoms with E-state index >= 15 is 0 Å². The Balaban J connectivity index is 2.15. The zero-order chi connectivity index (χ0) is 14.0. The van der Waals surface area contributed by atoms with Gasteiger partial charge in [0.25, 0.3) is 5.91 Å². The Labute approximate surface area is 118 Å². The van der Waals surface area contributed by atoms with Gasteiger partial charge in [0, 0.05) is 4.88 Å². The lowest BCUT2D eigenvalue weighted by Gasteiger charge is -2.12. The van der Waals surface area contributed by atoms with Crippen LogP contribution in [0.5, 0.6) is 0 Å². The highest BCUT2D eigenvalue weighted by Crippen LogP contribution is 2.27. The molecule has 0 radical (unpaired) electrons. The molecule has 0 bridgehead atoms. The van der Waals surface area contributed by atoms with Crippen LogP contribution in [0.2, 0.25) is 4.34 Å². The average molecular weight is 302 g/mol. The van der Waals surface area contributed by atoms with E-state index in [1.165, 1.54) is 23.5 Å². The van der Waals surface area contributed by atoms with Crippen LogP contribution >= 0.6 is 22.9 Å². The van der Waals surface area contributed by atoms with Gasteiger partial charge in [0.1, 0.15) is 0 Å². The molecule has 0 aliphatic heterocycles. The number of amides is 1. The summed E-state index contributed by atoms with van der Waals surface area (Å²) in [4.78, 5) is 12.7. The van der Waals surface area contributed by atoms with Gasteiger partial charge in [-0.2, -0.15) is 0 Å². The number of rotatable bonds is 3. The molecule has 2 rings (SSSR count). The summed E-state index contributed by atoms with van der Waals surface area (Å²) in [5, 5.41) is 2.60. The van der Waals surface area contributed by atoms with Crippen LogP contribution in [0.25, 0.3) is 0 Å². The smallest absolute Gasteiger partial charge is 0.254 e. The summed E-state index contributed by atoms with van der Waals surface area (Å²) in [5.74, 6) is -2.84. The van der Waals surface area contributed by atoms with Gasteiger partial charge in [-0.25, -0.2) is 8.78 Å². The largest absolute Gasteiger partial charge is 0.345 e. The zero-order valence-corrected chi connectivity index (χ0v) is 11.5. The molecule has 0 fully saturated rings. The lowest BCUT2D eigenvalue weighted by atomic mass is 10.1. The van der Waals surface area contributed by atoms with E-state index in [0.29, 0.717) is 4.34 Å². The van der Waals surface area contributed by atoms with Crippen molar-refractivity contribution in [2.24, 2.45) is 0 Å². The number of hydrogen-bond acceptors (Lipinski definition) is 2. The van der Waals surface area contributed by atoms with Gasteiger partial charge in [0.2, 0.25) is 0 Å². The minimum absolute atomic E-state index is 0.311. The van der Waals surface area contributed by atoms with Crippen molar-refractivity contribution in [1.82, 2.24) is 5.32 Å². The van der Waals surface area contributed by atoms with Crippen LogP contribution in [0.1, 0.15) is 28.2 Å². The Morgan fingerprint density at radius 3 is 2.68 bits per heavy atom. The first-order chi connectivity index (χ1) is 8.99. The molecule has 0 aliphatic carbocycles. The number of halogens is 3. The predicted molar refractivity (Wildman–Crippen MR) is 71.6 cm³/mol. The summed E-state index contributed by atoms with van der Waals surface area (Å²) in [6.45, 7) is 1.75. The molecule has 6 heteroatoms. The molecule has 1 amide bonds. The molecule has 1 aromatic heterocycles. The van der Waals surface area contributed by atoms with E-state index < -0.39 is 17.5 Å². The average Bonchev–Trinajstić information content (AvgIpc) is 2.79. The summed E-state index contributed by atoms with van der Waals surface area (Å²) in [7, 11) is 0. The van der Waals surface area contributed by atoms with Crippen molar-refractivity contribution in [1.29, 1.82) is 0 Å². The second-order valence-corrected chi connectivity index (χ2v) is 5.69. The fourth-order valence-electron chi connectivity index (χ4n) is 1.59. The van der Waals surface area contributed by atoms with Crippen LogP contribution in [0.3, 0.4) is 0 Å². The molecule has 1 heterocycles. The van der Waals surface area contributed by atoms with Gasteiger partial charge in [-0.05, 0) is 31.2 Å². The van der Waals surface area contributed by atoms with E-state index in [0.717, 1.165) is 10.9 Å². The molecule has 0 aliphatic rings. The lowest BCUT2D eigenvalue weighted by Crippen LogP contribution is -2.27. The monoisotopic (exact) mass is 301 g/mol. The second kappa shape index (κ2) is 5.67. The van der Waals surface area contributed by atoms with Crippen molar-refractivity contribution in [3.63, 3.8) is 0 Å². The third-order valence-corrected chi connectivity index (χ3v) is 3.98. The van der Waals surface area contributed by atoms with Crippen LogP contribution in [-0.2, 0) is 0 Å². The van der Waals surface area contributed by atoms with Crippen molar-refractivity contribution in [3.05, 3.63) is 56.7 Å². The third kappa shape index (κ3) is 3.11. The molecular weight excluding hydrogens is 292 g/mol. The van der Waals surface area contributed by atoms with Crippen LogP contribution in [0.15, 0.2) is 30.3 Å². The minimum Gasteiger partial charge on any atom is -0.345 e. The van der Waals surface area contributed by atoms with Gasteiger partial charge in [0.15, 0.2) is 11.6 Å². The number of thiophene rings is 1. The molecule has 0 saturated heterocycles. The second-order valence-electron chi connectivity index (χ2n) is 3.94. The van der Waals surface area contributed by atoms with Crippen molar-refractivity contribution in [2.45, 2.75) is 13.0 Å². The summed E-state index contributed by atoms with van der Waals surface area (Å²) in [5.41, 5.74) is -0.311. The van der Waals surface area contributed by atoms with Crippen LogP contribution < -0.4 is 5.32 Å². The Morgan fingerprint density at radius 2 is 2.05 bits per heavy atom. The molecule has 2 nitrogen and oxygen atoms in total. The SMILES string of the molecule is CC(NC(=O)c1cccc(F)c1F)c1ccc(Cl)s1. The van der Waals surface area contributed by atoms with E-state index in [-0.39, 0.29) is 11.6 Å². The standard InChI is InChI=1S/C13H10ClF2NOS/c1-7(10-5-6-11(14)19-10)17-13(18)8-3-2-4-9(15)12(8)16/h2-7H,1H3,(H,17,18). The number of carbonyl (C=O) groups is 1. The first kappa shape index (κ1) is 14.0. The normalized spacial score (nSPS) is 12.2. The molecule has 1 unspecified atom stereocenters. The maximum atomic E-state index is 13.5. The number of carbonyl (C=O) groups excluding carboxylic acids is 1. The summed E-state index contributed by atoms with van der Waals surface area (Å²) in [6.07, 6.45) is 0. The Kier molecular flexibility index (Phi) is 4.17. The van der Waals surface area contributed by atoms with E-state index in [2.05, 4.69) is 5.32 Å². The van der Waals surface area contributed by atoms with E-state index in [9.17, 15) is 13.6 Å². The molecule has 1 aromatic carbocycles. The van der Waals surface area contributed by atoms with Gasteiger partial charge < -0.3 is 5.32 Å². The minimum atomic E-state index is -1.14. The van der Waals surface area contributed by atoms with Gasteiger partial charge in [0.05, 0.1) is 15.9 Å². The molecule has 1 atom stereocenters.